The monoisotopic (exact) mass is 500 g/mol. The molecule has 0 aromatic carbocycles. The van der Waals surface area contributed by atoms with E-state index in [-0.39, 0.29) is 11.1 Å². The number of hydrogen-bond donors (Lipinski definition) is 1. The predicted molar refractivity (Wildman–Crippen MR) is 140 cm³/mol. The maximum atomic E-state index is 12.1. The first-order valence-electron chi connectivity index (χ1n) is 12.8. The number of anilines is 2. The number of likely N-dealkylation sites (tertiary alicyclic amines) is 1. The van der Waals surface area contributed by atoms with E-state index >= 15 is 0 Å². The van der Waals surface area contributed by atoms with Gasteiger partial charge in [0.05, 0.1) is 10.6 Å². The summed E-state index contributed by atoms with van der Waals surface area (Å²) in [7, 11) is 2.14. The first-order valence-corrected chi connectivity index (χ1v) is 13.6. The first kappa shape index (κ1) is 24.5. The average molecular weight is 501 g/mol. The number of amides is 2. The molecule has 2 amide bonds. The van der Waals surface area contributed by atoms with E-state index in [1.807, 2.05) is 6.07 Å². The molecule has 0 saturated carbocycles. The van der Waals surface area contributed by atoms with E-state index in [1.54, 1.807) is 6.08 Å². The molecule has 4 aliphatic heterocycles. The van der Waals surface area contributed by atoms with Gasteiger partial charge in [-0.3, -0.25) is 19.8 Å². The molecule has 0 atom stereocenters. The Morgan fingerprint density at radius 3 is 2.29 bits per heavy atom. The van der Waals surface area contributed by atoms with Crippen LogP contribution in [0.4, 0.5) is 16.6 Å². The molecule has 0 spiro atoms. The summed E-state index contributed by atoms with van der Waals surface area (Å²) in [4.78, 5) is 46.0. The summed E-state index contributed by atoms with van der Waals surface area (Å²) < 4.78 is 0. The fraction of sp³-hybridized carbons (Fsp3) is 0.667. The van der Waals surface area contributed by atoms with Gasteiger partial charge in [-0.2, -0.15) is 4.98 Å². The first-order chi connectivity index (χ1) is 17.0. The van der Waals surface area contributed by atoms with E-state index in [1.165, 1.54) is 25.9 Å². The zero-order valence-corrected chi connectivity index (χ0v) is 21.6. The number of carbonyl (C=O) groups is 2. The fourth-order valence-corrected chi connectivity index (χ4v) is 5.96. The Morgan fingerprint density at radius 2 is 1.66 bits per heavy atom. The Kier molecular flexibility index (Phi) is 7.56. The van der Waals surface area contributed by atoms with Crippen LogP contribution in [0.2, 0.25) is 0 Å². The van der Waals surface area contributed by atoms with Crippen molar-refractivity contribution >= 4 is 40.8 Å². The Hall–Kier alpha value is -2.21. The third kappa shape index (κ3) is 5.79. The second kappa shape index (κ2) is 10.8. The van der Waals surface area contributed by atoms with Gasteiger partial charge in [0.2, 0.25) is 5.95 Å². The van der Waals surface area contributed by atoms with Crippen LogP contribution >= 0.6 is 11.8 Å². The molecule has 0 unspecified atom stereocenters. The number of imide groups is 1. The van der Waals surface area contributed by atoms with Gasteiger partial charge >= 0.3 is 0 Å². The van der Waals surface area contributed by atoms with Crippen LogP contribution in [0, 0.1) is 0 Å². The number of hydrogen-bond acceptors (Lipinski definition) is 10. The summed E-state index contributed by atoms with van der Waals surface area (Å²) in [6, 6.07) is 2.62. The smallest absolute Gasteiger partial charge is 0.290 e. The summed E-state index contributed by atoms with van der Waals surface area (Å²) in [5, 5.41) is 1.99. The van der Waals surface area contributed by atoms with E-state index in [0.29, 0.717) is 22.6 Å². The van der Waals surface area contributed by atoms with Crippen LogP contribution in [-0.2, 0) is 4.79 Å². The number of thioether (sulfide) groups is 1. The maximum absolute atomic E-state index is 12.1. The lowest BCUT2D eigenvalue weighted by Gasteiger charge is -2.42. The summed E-state index contributed by atoms with van der Waals surface area (Å²) in [6.07, 6.45) is 4.21. The molecule has 1 aromatic heterocycles. The van der Waals surface area contributed by atoms with E-state index in [9.17, 15) is 9.59 Å². The molecular weight excluding hydrogens is 464 g/mol. The van der Waals surface area contributed by atoms with Crippen LogP contribution < -0.4 is 15.1 Å². The zero-order chi connectivity index (χ0) is 24.4. The molecule has 1 aromatic rings. The maximum Gasteiger partial charge on any atom is 0.290 e. The lowest BCUT2D eigenvalue weighted by atomic mass is 10.0. The largest absolute Gasteiger partial charge is 0.354 e. The molecule has 0 bridgehead atoms. The minimum Gasteiger partial charge on any atom is -0.354 e. The number of nitrogens with one attached hydrogen (secondary N) is 1. The molecule has 4 saturated heterocycles. The van der Waals surface area contributed by atoms with Gasteiger partial charge in [-0.25, -0.2) is 4.98 Å². The number of rotatable bonds is 5. The van der Waals surface area contributed by atoms with Gasteiger partial charge in [0.15, 0.2) is 0 Å². The van der Waals surface area contributed by atoms with Crippen LogP contribution in [0.3, 0.4) is 0 Å². The molecule has 4 aliphatic rings. The van der Waals surface area contributed by atoms with Crippen molar-refractivity contribution in [3.05, 3.63) is 16.7 Å². The Labute approximate surface area is 211 Å². The number of carbonyl (C=O) groups excluding carboxylic acids is 2. The lowest BCUT2D eigenvalue weighted by Crippen LogP contribution is -2.53. The van der Waals surface area contributed by atoms with Gasteiger partial charge < -0.3 is 19.6 Å². The highest BCUT2D eigenvalue weighted by molar-refractivity contribution is 8.18. The van der Waals surface area contributed by atoms with Crippen molar-refractivity contribution in [2.24, 2.45) is 0 Å². The van der Waals surface area contributed by atoms with E-state index in [4.69, 9.17) is 9.97 Å². The SMILES string of the molecule is CCN1CCC(N2CCN(c3nc(C=C4SC(=O)NC4=O)cc(N4CCN(C)CC4)n3)CC2)CC1. The highest BCUT2D eigenvalue weighted by Crippen LogP contribution is 2.28. The summed E-state index contributed by atoms with van der Waals surface area (Å²) >= 11 is 0.927. The molecule has 1 N–H and O–H groups in total. The molecule has 0 aliphatic carbocycles. The van der Waals surface area contributed by atoms with Gasteiger partial charge in [-0.1, -0.05) is 6.92 Å². The van der Waals surface area contributed by atoms with Crippen molar-refractivity contribution in [1.29, 1.82) is 0 Å². The fourth-order valence-electron chi connectivity index (χ4n) is 5.30. The molecule has 5 heterocycles. The molecule has 0 radical (unpaired) electrons. The topological polar surface area (TPSA) is 88.1 Å². The molecule has 11 heteroatoms. The molecule has 35 heavy (non-hydrogen) atoms. The summed E-state index contributed by atoms with van der Waals surface area (Å²) in [6.45, 7) is 13.4. The number of likely N-dealkylation sites (N-methyl/N-ethyl adjacent to an activating group) is 1. The second-order valence-corrected chi connectivity index (χ2v) is 10.8. The zero-order valence-electron chi connectivity index (χ0n) is 20.8. The van der Waals surface area contributed by atoms with Crippen molar-refractivity contribution in [2.75, 3.05) is 88.8 Å². The molecule has 190 valence electrons. The number of piperidine rings is 1. The highest BCUT2D eigenvalue weighted by Gasteiger charge is 2.29. The van der Waals surface area contributed by atoms with E-state index < -0.39 is 0 Å². The minimum atomic E-state index is -0.357. The van der Waals surface area contributed by atoms with Crippen molar-refractivity contribution in [3.8, 4) is 0 Å². The number of nitrogens with zero attached hydrogens (tertiary/aromatic N) is 7. The minimum absolute atomic E-state index is 0.337. The van der Waals surface area contributed by atoms with Crippen molar-refractivity contribution in [1.82, 2.24) is 30.0 Å². The molecule has 5 rings (SSSR count). The van der Waals surface area contributed by atoms with Gasteiger partial charge in [0, 0.05) is 64.5 Å². The quantitative estimate of drug-likeness (QED) is 0.594. The van der Waals surface area contributed by atoms with Crippen molar-refractivity contribution in [3.63, 3.8) is 0 Å². The van der Waals surface area contributed by atoms with Gasteiger partial charge in [0.1, 0.15) is 5.82 Å². The second-order valence-electron chi connectivity index (χ2n) is 9.78. The summed E-state index contributed by atoms with van der Waals surface area (Å²) in [5.41, 5.74) is 0.672. The molecular formula is C24H36N8O2S. The van der Waals surface area contributed by atoms with E-state index in [2.05, 4.69) is 43.8 Å². The predicted octanol–water partition coefficient (Wildman–Crippen LogP) is 1.16. The van der Waals surface area contributed by atoms with Gasteiger partial charge in [0.25, 0.3) is 11.1 Å². The number of piperazine rings is 2. The van der Waals surface area contributed by atoms with Crippen molar-refractivity contribution in [2.45, 2.75) is 25.8 Å². The Morgan fingerprint density at radius 1 is 0.971 bits per heavy atom. The van der Waals surface area contributed by atoms with Crippen LogP contribution in [0.25, 0.3) is 6.08 Å². The van der Waals surface area contributed by atoms with Crippen LogP contribution in [0.1, 0.15) is 25.5 Å². The van der Waals surface area contributed by atoms with Gasteiger partial charge in [-0.05, 0) is 57.4 Å². The summed E-state index contributed by atoms with van der Waals surface area (Å²) in [5.74, 6) is 1.24. The lowest BCUT2D eigenvalue weighted by molar-refractivity contribution is -0.115. The van der Waals surface area contributed by atoms with Gasteiger partial charge in [-0.15, -0.1) is 0 Å². The molecule has 10 nitrogen and oxygen atoms in total. The number of aromatic nitrogens is 2. The Balaban J connectivity index is 1.32. The average Bonchev–Trinajstić information content (AvgIpc) is 3.20. The third-order valence-corrected chi connectivity index (χ3v) is 8.40. The van der Waals surface area contributed by atoms with Crippen LogP contribution in [-0.4, -0.2) is 121 Å². The van der Waals surface area contributed by atoms with Crippen LogP contribution in [0.5, 0.6) is 0 Å². The third-order valence-electron chi connectivity index (χ3n) is 7.59. The normalized spacial score (nSPS) is 25.0. The standard InChI is InChI=1S/C24H36N8O2S/c1-3-29-6-4-19(5-7-29)30-12-14-32(15-13-30)23-25-18(16-20-22(33)27-24(34)35-20)17-21(26-23)31-10-8-28(2)9-11-31/h16-17,19H,3-15H2,1-2H3,(H,27,33,34). The van der Waals surface area contributed by atoms with E-state index in [0.717, 1.165) is 76.5 Å². The van der Waals surface area contributed by atoms with Crippen LogP contribution in [0.15, 0.2) is 11.0 Å². The van der Waals surface area contributed by atoms with Crippen molar-refractivity contribution < 1.29 is 9.59 Å². The molecule has 4 fully saturated rings. The Bertz CT molecular complexity index is 964. The highest BCUT2D eigenvalue weighted by atomic mass is 32.2.